The van der Waals surface area contributed by atoms with Gasteiger partial charge < -0.3 is 10.1 Å². The second-order valence-electron chi connectivity index (χ2n) is 5.37. The summed E-state index contributed by atoms with van der Waals surface area (Å²) in [5.74, 6) is 2.33. The van der Waals surface area contributed by atoms with Crippen LogP contribution in [0.4, 0.5) is 0 Å². The first-order valence-electron chi connectivity index (χ1n) is 7.23. The largest absolute Gasteiger partial charge is 0.493 e. The summed E-state index contributed by atoms with van der Waals surface area (Å²) in [6.07, 6.45) is 3.73. The molecule has 1 fully saturated rings. The van der Waals surface area contributed by atoms with Crippen molar-refractivity contribution >= 4 is 0 Å². The van der Waals surface area contributed by atoms with Gasteiger partial charge >= 0.3 is 0 Å². The third kappa shape index (κ3) is 3.49. The van der Waals surface area contributed by atoms with Gasteiger partial charge in [-0.3, -0.25) is 0 Å². The molecular weight excluding hydrogens is 222 g/mol. The molecule has 1 saturated heterocycles. The molecule has 100 valence electrons. The molecule has 1 heterocycles. The molecule has 1 aromatic carbocycles. The summed E-state index contributed by atoms with van der Waals surface area (Å²) in [5, 5.41) is 3.44. The quantitative estimate of drug-likeness (QED) is 0.858. The van der Waals surface area contributed by atoms with Crippen molar-refractivity contribution in [3.8, 4) is 5.75 Å². The lowest BCUT2D eigenvalue weighted by atomic mass is 9.97. The van der Waals surface area contributed by atoms with E-state index in [1.807, 2.05) is 0 Å². The van der Waals surface area contributed by atoms with Crippen LogP contribution in [0.15, 0.2) is 24.3 Å². The van der Waals surface area contributed by atoms with Crippen molar-refractivity contribution in [3.63, 3.8) is 0 Å². The fraction of sp³-hybridized carbons (Fsp3) is 0.625. The Morgan fingerprint density at radius 1 is 1.39 bits per heavy atom. The van der Waals surface area contributed by atoms with Crippen molar-refractivity contribution in [3.05, 3.63) is 29.8 Å². The molecule has 1 aliphatic rings. The Balaban J connectivity index is 1.95. The Hall–Kier alpha value is -1.02. The molecule has 1 N–H and O–H groups in total. The molecule has 2 rings (SSSR count). The lowest BCUT2D eigenvalue weighted by Gasteiger charge is -2.24. The molecule has 0 spiro atoms. The van der Waals surface area contributed by atoms with Gasteiger partial charge in [-0.25, -0.2) is 0 Å². The van der Waals surface area contributed by atoms with Gasteiger partial charge in [0.05, 0.1) is 6.61 Å². The fourth-order valence-electron chi connectivity index (χ4n) is 2.51. The molecule has 18 heavy (non-hydrogen) atoms. The molecule has 0 aromatic heterocycles. The number of para-hydroxylation sites is 1. The summed E-state index contributed by atoms with van der Waals surface area (Å²) in [6.45, 7) is 7.61. The molecule has 2 heteroatoms. The highest BCUT2D eigenvalue weighted by Crippen LogP contribution is 2.29. The van der Waals surface area contributed by atoms with Crippen LogP contribution in [0, 0.1) is 5.92 Å². The van der Waals surface area contributed by atoms with Crippen molar-refractivity contribution in [1.82, 2.24) is 5.32 Å². The van der Waals surface area contributed by atoms with Gasteiger partial charge in [-0.05, 0) is 43.4 Å². The van der Waals surface area contributed by atoms with E-state index in [4.69, 9.17) is 4.74 Å². The zero-order valence-corrected chi connectivity index (χ0v) is 11.6. The molecule has 1 aliphatic heterocycles. The van der Waals surface area contributed by atoms with Crippen LogP contribution in [-0.4, -0.2) is 19.7 Å². The topological polar surface area (TPSA) is 21.3 Å². The molecule has 0 bridgehead atoms. The Kier molecular flexibility index (Phi) is 5.06. The predicted molar refractivity (Wildman–Crippen MR) is 76.2 cm³/mol. The van der Waals surface area contributed by atoms with E-state index < -0.39 is 0 Å². The second kappa shape index (κ2) is 6.79. The van der Waals surface area contributed by atoms with Gasteiger partial charge in [-0.2, -0.15) is 0 Å². The molecule has 0 aliphatic carbocycles. The SMILES string of the molecule is CC[C@H](C)c1ccccc1OC[C@@H]1CCCNC1. The van der Waals surface area contributed by atoms with E-state index >= 15 is 0 Å². The highest BCUT2D eigenvalue weighted by Gasteiger charge is 2.15. The first-order chi connectivity index (χ1) is 8.81. The maximum absolute atomic E-state index is 6.06. The number of ether oxygens (including phenoxy) is 1. The van der Waals surface area contributed by atoms with E-state index in [1.54, 1.807) is 0 Å². The minimum atomic E-state index is 0.575. The number of rotatable bonds is 5. The molecule has 0 unspecified atom stereocenters. The van der Waals surface area contributed by atoms with E-state index in [0.29, 0.717) is 11.8 Å². The smallest absolute Gasteiger partial charge is 0.122 e. The van der Waals surface area contributed by atoms with E-state index in [-0.39, 0.29) is 0 Å². The standard InChI is InChI=1S/C16H25NO/c1-3-13(2)15-8-4-5-9-16(15)18-12-14-7-6-10-17-11-14/h4-5,8-9,13-14,17H,3,6-7,10-12H2,1-2H3/t13-,14+/m0/s1. The fourth-order valence-corrected chi connectivity index (χ4v) is 2.51. The summed E-state index contributed by atoms with van der Waals surface area (Å²) in [4.78, 5) is 0. The lowest BCUT2D eigenvalue weighted by Crippen LogP contribution is -2.33. The van der Waals surface area contributed by atoms with E-state index in [1.165, 1.54) is 24.9 Å². The third-order valence-corrected chi connectivity index (χ3v) is 3.94. The van der Waals surface area contributed by atoms with Crippen molar-refractivity contribution in [1.29, 1.82) is 0 Å². The maximum Gasteiger partial charge on any atom is 0.122 e. The van der Waals surface area contributed by atoms with Gasteiger partial charge in [-0.1, -0.05) is 32.0 Å². The van der Waals surface area contributed by atoms with Crippen LogP contribution in [0.3, 0.4) is 0 Å². The van der Waals surface area contributed by atoms with E-state index in [9.17, 15) is 0 Å². The molecular formula is C16H25NO. The number of hydrogen-bond donors (Lipinski definition) is 1. The van der Waals surface area contributed by atoms with Crippen LogP contribution < -0.4 is 10.1 Å². The Morgan fingerprint density at radius 3 is 2.94 bits per heavy atom. The molecule has 2 nitrogen and oxygen atoms in total. The number of benzene rings is 1. The van der Waals surface area contributed by atoms with Crippen molar-refractivity contribution < 1.29 is 4.74 Å². The first kappa shape index (κ1) is 13.4. The average Bonchev–Trinajstić information content (AvgIpc) is 2.45. The lowest BCUT2D eigenvalue weighted by molar-refractivity contribution is 0.216. The number of hydrogen-bond acceptors (Lipinski definition) is 2. The zero-order valence-electron chi connectivity index (χ0n) is 11.6. The molecule has 0 radical (unpaired) electrons. The van der Waals surface area contributed by atoms with Gasteiger partial charge in [0.25, 0.3) is 0 Å². The number of piperidine rings is 1. The minimum absolute atomic E-state index is 0.575. The van der Waals surface area contributed by atoms with Crippen molar-refractivity contribution in [2.45, 2.75) is 39.0 Å². The van der Waals surface area contributed by atoms with E-state index in [0.717, 1.165) is 25.3 Å². The molecule has 1 aromatic rings. The normalized spacial score (nSPS) is 21.6. The van der Waals surface area contributed by atoms with Gasteiger partial charge in [0, 0.05) is 12.5 Å². The Bertz CT molecular complexity index is 358. The highest BCUT2D eigenvalue weighted by molar-refractivity contribution is 5.35. The molecule has 0 amide bonds. The summed E-state index contributed by atoms with van der Waals surface area (Å²) in [6, 6.07) is 8.48. The summed E-state index contributed by atoms with van der Waals surface area (Å²) < 4.78 is 6.06. The minimum Gasteiger partial charge on any atom is -0.493 e. The maximum atomic E-state index is 6.06. The monoisotopic (exact) mass is 247 g/mol. The zero-order chi connectivity index (χ0) is 12.8. The Morgan fingerprint density at radius 2 is 2.22 bits per heavy atom. The van der Waals surface area contributed by atoms with Gasteiger partial charge in [0.15, 0.2) is 0 Å². The van der Waals surface area contributed by atoms with Crippen LogP contribution in [0.25, 0.3) is 0 Å². The van der Waals surface area contributed by atoms with Crippen molar-refractivity contribution in [2.75, 3.05) is 19.7 Å². The summed E-state index contributed by atoms with van der Waals surface area (Å²) in [5.41, 5.74) is 1.35. The van der Waals surface area contributed by atoms with Gasteiger partial charge in [0.2, 0.25) is 0 Å². The van der Waals surface area contributed by atoms with Crippen LogP contribution >= 0.6 is 0 Å². The Labute approximate surface area is 111 Å². The van der Waals surface area contributed by atoms with E-state index in [2.05, 4.69) is 43.4 Å². The summed E-state index contributed by atoms with van der Waals surface area (Å²) >= 11 is 0. The van der Waals surface area contributed by atoms with Gasteiger partial charge in [0.1, 0.15) is 5.75 Å². The highest BCUT2D eigenvalue weighted by atomic mass is 16.5. The van der Waals surface area contributed by atoms with Crippen LogP contribution in [0.5, 0.6) is 5.75 Å². The third-order valence-electron chi connectivity index (χ3n) is 3.94. The number of nitrogens with one attached hydrogen (secondary N) is 1. The van der Waals surface area contributed by atoms with Crippen LogP contribution in [0.1, 0.15) is 44.6 Å². The second-order valence-corrected chi connectivity index (χ2v) is 5.37. The van der Waals surface area contributed by atoms with Gasteiger partial charge in [-0.15, -0.1) is 0 Å². The van der Waals surface area contributed by atoms with Crippen molar-refractivity contribution in [2.24, 2.45) is 5.92 Å². The molecule has 0 saturated carbocycles. The van der Waals surface area contributed by atoms with Crippen LogP contribution in [0.2, 0.25) is 0 Å². The molecule has 2 atom stereocenters. The summed E-state index contributed by atoms with van der Waals surface area (Å²) in [7, 11) is 0. The predicted octanol–water partition coefficient (Wildman–Crippen LogP) is 3.58. The first-order valence-corrected chi connectivity index (χ1v) is 7.23. The average molecular weight is 247 g/mol. The van der Waals surface area contributed by atoms with Crippen LogP contribution in [-0.2, 0) is 0 Å².